The van der Waals surface area contributed by atoms with Gasteiger partial charge < -0.3 is 54.7 Å². The minimum atomic E-state index is -1.75. The number of allylic oxidation sites excluding steroid dienone is 1. The Morgan fingerprint density at radius 1 is 0.698 bits per heavy atom. The number of carboxylic acid groups (broad SMARTS) is 1. The number of aliphatic carboxylic acids is 1. The first kappa shape index (κ1) is 40.0. The number of rotatable bonds is 6. The molecule has 2 saturated heterocycles. The van der Waals surface area contributed by atoms with Crippen molar-refractivity contribution >= 4 is 5.97 Å². The number of ether oxygens (including phenoxy) is 4. The number of hydrogen-bond acceptors (Lipinski definition) is 11. The zero-order valence-electron chi connectivity index (χ0n) is 32.7. The SMILES string of the molecule is C=C(C)C1CCC2(C(=O)O)CCC3(C)C(CCC4C5(C)CCC(OC6OC(O)C(O)C(O)C6OC6OC(C)C(O)C(O)C6O)C(C)(C)C5CCC43C)C12. The highest BCUT2D eigenvalue weighted by Gasteiger charge is 2.72. The van der Waals surface area contributed by atoms with Crippen LogP contribution in [0.25, 0.3) is 0 Å². The molecule has 5 aliphatic carbocycles. The second kappa shape index (κ2) is 13.5. The Bertz CT molecular complexity index is 1420. The highest BCUT2D eigenvalue weighted by molar-refractivity contribution is 5.76. The Labute approximate surface area is 314 Å². The summed E-state index contributed by atoms with van der Waals surface area (Å²) in [6.45, 7) is 19.9. The summed E-state index contributed by atoms with van der Waals surface area (Å²) in [4.78, 5) is 13.0. The first-order valence-electron chi connectivity index (χ1n) is 20.2. The molecule has 53 heavy (non-hydrogen) atoms. The van der Waals surface area contributed by atoms with E-state index >= 15 is 0 Å². The number of hydrogen-bond donors (Lipinski definition) is 7. The number of carboxylic acids is 1. The van der Waals surface area contributed by atoms with Crippen LogP contribution < -0.4 is 0 Å². The third kappa shape index (κ3) is 5.69. The van der Waals surface area contributed by atoms with Crippen molar-refractivity contribution in [2.24, 2.45) is 56.7 Å². The molecule has 0 aromatic rings. The number of aliphatic hydroxyl groups excluding tert-OH is 6. The summed E-state index contributed by atoms with van der Waals surface area (Å²) in [5.41, 5.74) is 0.121. The lowest BCUT2D eigenvalue weighted by Gasteiger charge is -2.73. The first-order valence-corrected chi connectivity index (χ1v) is 20.2. The van der Waals surface area contributed by atoms with Gasteiger partial charge >= 0.3 is 5.97 Å². The van der Waals surface area contributed by atoms with Gasteiger partial charge in [0.15, 0.2) is 18.9 Å². The van der Waals surface area contributed by atoms with Crippen LogP contribution in [0, 0.1) is 56.7 Å². The molecular weight excluding hydrogens is 684 g/mol. The van der Waals surface area contributed by atoms with E-state index in [1.807, 2.05) is 0 Å². The fraction of sp³-hybridized carbons (Fsp3) is 0.927. The molecular formula is C41H66O12. The van der Waals surface area contributed by atoms with Crippen molar-refractivity contribution in [3.05, 3.63) is 12.2 Å². The molecule has 20 atom stereocenters. The fourth-order valence-corrected chi connectivity index (χ4v) is 14.2. The molecule has 0 spiro atoms. The molecule has 7 aliphatic rings. The molecule has 12 heteroatoms. The van der Waals surface area contributed by atoms with E-state index in [1.54, 1.807) is 0 Å². The molecule has 0 bridgehead atoms. The van der Waals surface area contributed by atoms with E-state index in [2.05, 4.69) is 48.1 Å². The van der Waals surface area contributed by atoms with Crippen LogP contribution in [0.15, 0.2) is 12.2 Å². The van der Waals surface area contributed by atoms with Crippen molar-refractivity contribution < 1.29 is 59.5 Å². The monoisotopic (exact) mass is 750 g/mol. The predicted octanol–water partition coefficient (Wildman–Crippen LogP) is 3.72. The molecule has 7 fully saturated rings. The summed E-state index contributed by atoms with van der Waals surface area (Å²) in [5.74, 6) is 0.786. The van der Waals surface area contributed by atoms with E-state index in [1.165, 1.54) is 6.92 Å². The van der Waals surface area contributed by atoms with Crippen molar-refractivity contribution in [2.75, 3.05) is 0 Å². The minimum absolute atomic E-state index is 0.00350. The van der Waals surface area contributed by atoms with Crippen LogP contribution in [0.4, 0.5) is 0 Å². The van der Waals surface area contributed by atoms with E-state index in [4.69, 9.17) is 18.9 Å². The van der Waals surface area contributed by atoms with Gasteiger partial charge in [-0.1, -0.05) is 46.8 Å². The highest BCUT2D eigenvalue weighted by Crippen LogP contribution is 2.77. The third-order valence-corrected chi connectivity index (χ3v) is 17.4. The summed E-state index contributed by atoms with van der Waals surface area (Å²) in [5, 5.41) is 74.2. The predicted molar refractivity (Wildman–Crippen MR) is 192 cm³/mol. The Morgan fingerprint density at radius 2 is 1.40 bits per heavy atom. The molecule has 2 aliphatic heterocycles. The molecule has 2 heterocycles. The second-order valence-corrected chi connectivity index (χ2v) is 19.8. The van der Waals surface area contributed by atoms with E-state index < -0.39 is 73.0 Å². The van der Waals surface area contributed by atoms with Crippen molar-refractivity contribution in [1.82, 2.24) is 0 Å². The lowest BCUT2D eigenvalue weighted by Crippen LogP contribution is -2.68. The van der Waals surface area contributed by atoms with Crippen LogP contribution in [-0.4, -0.2) is 109 Å². The summed E-state index contributed by atoms with van der Waals surface area (Å²) in [6.07, 6.45) is -6.18. The molecule has 7 N–H and O–H groups in total. The van der Waals surface area contributed by atoms with Gasteiger partial charge in [0.05, 0.1) is 17.6 Å². The van der Waals surface area contributed by atoms with E-state index in [0.29, 0.717) is 18.3 Å². The number of aliphatic hydroxyl groups is 6. The zero-order valence-corrected chi connectivity index (χ0v) is 32.7. The van der Waals surface area contributed by atoms with Gasteiger partial charge in [0.2, 0.25) is 0 Å². The molecule has 0 radical (unpaired) electrons. The van der Waals surface area contributed by atoms with Gasteiger partial charge in [-0.25, -0.2) is 0 Å². The van der Waals surface area contributed by atoms with Gasteiger partial charge in [-0.3, -0.25) is 4.79 Å². The normalized spacial score (nSPS) is 56.3. The molecule has 302 valence electrons. The third-order valence-electron chi connectivity index (χ3n) is 17.4. The molecule has 0 aromatic carbocycles. The Kier molecular flexibility index (Phi) is 10.2. The first-order chi connectivity index (χ1) is 24.7. The molecule has 20 unspecified atom stereocenters. The molecule has 0 aromatic heterocycles. The van der Waals surface area contributed by atoms with Crippen molar-refractivity contribution in [2.45, 2.75) is 180 Å². The van der Waals surface area contributed by atoms with Gasteiger partial charge in [-0.05, 0) is 129 Å². The number of fused-ring (bicyclic) bond motifs is 7. The van der Waals surface area contributed by atoms with Crippen molar-refractivity contribution in [3.63, 3.8) is 0 Å². The Morgan fingerprint density at radius 3 is 2.06 bits per heavy atom. The van der Waals surface area contributed by atoms with Crippen LogP contribution in [0.3, 0.4) is 0 Å². The summed E-state index contributed by atoms with van der Waals surface area (Å²) < 4.78 is 24.1. The van der Waals surface area contributed by atoms with Crippen molar-refractivity contribution in [1.29, 1.82) is 0 Å². The van der Waals surface area contributed by atoms with Crippen LogP contribution in [0.1, 0.15) is 113 Å². The van der Waals surface area contributed by atoms with Gasteiger partial charge in [-0.15, -0.1) is 0 Å². The largest absolute Gasteiger partial charge is 0.481 e. The van der Waals surface area contributed by atoms with E-state index in [0.717, 1.165) is 63.4 Å². The molecule has 0 amide bonds. The van der Waals surface area contributed by atoms with Gasteiger partial charge in [0.1, 0.15) is 36.6 Å². The maximum atomic E-state index is 13.0. The van der Waals surface area contributed by atoms with Crippen LogP contribution in [-0.2, 0) is 23.7 Å². The average molecular weight is 751 g/mol. The van der Waals surface area contributed by atoms with Crippen molar-refractivity contribution in [3.8, 4) is 0 Å². The minimum Gasteiger partial charge on any atom is -0.481 e. The zero-order chi connectivity index (χ0) is 38.8. The smallest absolute Gasteiger partial charge is 0.309 e. The molecule has 5 saturated carbocycles. The average Bonchev–Trinajstić information content (AvgIpc) is 3.50. The topological polar surface area (TPSA) is 196 Å². The summed E-state index contributed by atoms with van der Waals surface area (Å²) in [6, 6.07) is 0. The van der Waals surface area contributed by atoms with E-state index in [-0.39, 0.29) is 45.5 Å². The van der Waals surface area contributed by atoms with Gasteiger partial charge in [0.25, 0.3) is 0 Å². The Hall–Kier alpha value is -1.19. The lowest BCUT2D eigenvalue weighted by atomic mass is 9.32. The van der Waals surface area contributed by atoms with Gasteiger partial charge in [0, 0.05) is 0 Å². The quantitative estimate of drug-likeness (QED) is 0.154. The summed E-state index contributed by atoms with van der Waals surface area (Å²) in [7, 11) is 0. The van der Waals surface area contributed by atoms with Crippen LogP contribution >= 0.6 is 0 Å². The number of carbonyl (C=O) groups is 1. The van der Waals surface area contributed by atoms with Gasteiger partial charge in [-0.2, -0.15) is 0 Å². The maximum absolute atomic E-state index is 13.0. The van der Waals surface area contributed by atoms with Crippen LogP contribution in [0.5, 0.6) is 0 Å². The van der Waals surface area contributed by atoms with E-state index in [9.17, 15) is 40.5 Å². The molecule has 7 rings (SSSR count). The standard InChI is InChI=1S/C41H66O12/c1-19(2)21-11-16-41(36(48)49)18-17-39(7)22(26(21)41)9-10-24-38(6)14-13-25(37(4,5)23(38)12-15-40(24,39)8)51-35-32(29(44)30(45)33(47)53-35)52-34-31(46)28(43)27(42)20(3)50-34/h20-35,42-47H,1,9-18H2,2-8H3,(H,48,49). The second-order valence-electron chi connectivity index (χ2n) is 19.8. The summed E-state index contributed by atoms with van der Waals surface area (Å²) >= 11 is 0. The lowest BCUT2D eigenvalue weighted by molar-refractivity contribution is -0.394. The fourth-order valence-electron chi connectivity index (χ4n) is 14.2. The van der Waals surface area contributed by atoms with Crippen LogP contribution in [0.2, 0.25) is 0 Å². The maximum Gasteiger partial charge on any atom is 0.309 e. The Balaban J connectivity index is 1.13. The highest BCUT2D eigenvalue weighted by atomic mass is 16.8. The molecule has 12 nitrogen and oxygen atoms in total.